The largest absolute Gasteiger partial charge is 0.393 e. The minimum Gasteiger partial charge on any atom is -0.393 e. The average molecular weight is 333 g/mol. The van der Waals surface area contributed by atoms with E-state index < -0.39 is 0 Å². The molecule has 5 heteroatoms. The quantitative estimate of drug-likeness (QED) is 0.930. The minimum atomic E-state index is -0.382. The Labute approximate surface area is 139 Å². The van der Waals surface area contributed by atoms with Crippen molar-refractivity contribution in [2.24, 2.45) is 5.92 Å². The fourth-order valence-corrected chi connectivity index (χ4v) is 4.03. The lowest BCUT2D eigenvalue weighted by Gasteiger charge is -2.16. The van der Waals surface area contributed by atoms with Crippen LogP contribution in [0.15, 0.2) is 30.3 Å². The smallest absolute Gasteiger partial charge is 0.263 e. The second kappa shape index (κ2) is 6.42. The highest BCUT2D eigenvalue weighted by molar-refractivity contribution is 7.14. The number of hydrogen-bond acceptors (Lipinski definition) is 3. The fourth-order valence-electron chi connectivity index (χ4n) is 3.02. The molecule has 1 amide bonds. The maximum Gasteiger partial charge on any atom is 0.263 e. The summed E-state index contributed by atoms with van der Waals surface area (Å²) < 4.78 is 13.1. The van der Waals surface area contributed by atoms with E-state index in [0.717, 1.165) is 22.4 Å². The Morgan fingerprint density at radius 1 is 1.39 bits per heavy atom. The van der Waals surface area contributed by atoms with Crippen molar-refractivity contribution >= 4 is 17.2 Å². The van der Waals surface area contributed by atoms with E-state index in [1.807, 2.05) is 17.9 Å². The first kappa shape index (κ1) is 16.1. The van der Waals surface area contributed by atoms with Crippen LogP contribution in [0.5, 0.6) is 0 Å². The molecule has 1 aliphatic heterocycles. The summed E-state index contributed by atoms with van der Waals surface area (Å²) in [4.78, 5) is 16.2. The van der Waals surface area contributed by atoms with Crippen LogP contribution in [0.25, 0.3) is 11.1 Å². The van der Waals surface area contributed by atoms with E-state index >= 15 is 0 Å². The Bertz CT molecular complexity index is 708. The van der Waals surface area contributed by atoms with Crippen molar-refractivity contribution in [1.82, 2.24) is 4.90 Å². The van der Waals surface area contributed by atoms with Crippen molar-refractivity contribution in [1.29, 1.82) is 0 Å². The van der Waals surface area contributed by atoms with Crippen LogP contribution in [0.2, 0.25) is 0 Å². The minimum absolute atomic E-state index is 0.0228. The maximum atomic E-state index is 13.1. The summed E-state index contributed by atoms with van der Waals surface area (Å²) in [5.74, 6) is -0.0784. The van der Waals surface area contributed by atoms with Crippen molar-refractivity contribution in [3.63, 3.8) is 0 Å². The molecular weight excluding hydrogens is 313 g/mol. The topological polar surface area (TPSA) is 40.5 Å². The number of amides is 1. The van der Waals surface area contributed by atoms with Gasteiger partial charge in [0.1, 0.15) is 5.82 Å². The normalized spacial score (nSPS) is 19.1. The van der Waals surface area contributed by atoms with E-state index in [1.54, 1.807) is 19.1 Å². The number of halogens is 1. The molecule has 0 spiro atoms. The standard InChI is InChI=1S/C18H20FNO2S/c1-11(21)14-7-8-20(10-14)18(22)17-9-16(12(2)23-17)13-3-5-15(19)6-4-13/h3-6,9,11,14,21H,7-8,10H2,1-2H3. The van der Waals surface area contributed by atoms with Crippen LogP contribution in [0.4, 0.5) is 4.39 Å². The monoisotopic (exact) mass is 333 g/mol. The summed E-state index contributed by atoms with van der Waals surface area (Å²) in [7, 11) is 0. The van der Waals surface area contributed by atoms with Crippen molar-refractivity contribution < 1.29 is 14.3 Å². The highest BCUT2D eigenvalue weighted by atomic mass is 32.1. The molecule has 23 heavy (non-hydrogen) atoms. The Hall–Kier alpha value is -1.72. The van der Waals surface area contributed by atoms with Gasteiger partial charge in [0.2, 0.25) is 0 Å². The van der Waals surface area contributed by atoms with Crippen LogP contribution < -0.4 is 0 Å². The van der Waals surface area contributed by atoms with Gasteiger partial charge in [-0.1, -0.05) is 12.1 Å². The Morgan fingerprint density at radius 3 is 2.70 bits per heavy atom. The second-order valence-corrected chi connectivity index (χ2v) is 7.38. The second-order valence-electron chi connectivity index (χ2n) is 6.13. The van der Waals surface area contributed by atoms with Gasteiger partial charge in [0, 0.05) is 23.9 Å². The van der Waals surface area contributed by atoms with E-state index in [-0.39, 0.29) is 23.7 Å². The summed E-state index contributed by atoms with van der Waals surface area (Å²) in [6.45, 7) is 5.06. The predicted octanol–water partition coefficient (Wildman–Crippen LogP) is 3.71. The molecule has 0 saturated carbocycles. The highest BCUT2D eigenvalue weighted by Crippen LogP contribution is 2.33. The molecule has 122 valence electrons. The van der Waals surface area contributed by atoms with E-state index in [2.05, 4.69) is 0 Å². The van der Waals surface area contributed by atoms with E-state index in [1.165, 1.54) is 23.5 Å². The molecule has 2 atom stereocenters. The third-order valence-electron chi connectivity index (χ3n) is 4.48. The third-order valence-corrected chi connectivity index (χ3v) is 5.52. The zero-order chi connectivity index (χ0) is 16.6. The molecule has 3 rings (SSSR count). The molecule has 2 aromatic rings. The highest BCUT2D eigenvalue weighted by Gasteiger charge is 2.30. The van der Waals surface area contributed by atoms with Crippen LogP contribution in [0.1, 0.15) is 27.9 Å². The summed E-state index contributed by atoms with van der Waals surface area (Å²) >= 11 is 1.47. The summed E-state index contributed by atoms with van der Waals surface area (Å²) in [6.07, 6.45) is 0.464. The summed E-state index contributed by atoms with van der Waals surface area (Å²) in [5.41, 5.74) is 1.90. The van der Waals surface area contributed by atoms with Crippen molar-refractivity contribution in [3.8, 4) is 11.1 Å². The number of likely N-dealkylation sites (tertiary alicyclic amines) is 1. The number of hydrogen-bond donors (Lipinski definition) is 1. The molecule has 2 heterocycles. The number of rotatable bonds is 3. The maximum absolute atomic E-state index is 13.1. The van der Waals surface area contributed by atoms with Crippen LogP contribution in [-0.4, -0.2) is 35.1 Å². The Morgan fingerprint density at radius 2 is 2.09 bits per heavy atom. The molecule has 1 saturated heterocycles. The molecule has 1 aromatic heterocycles. The van der Waals surface area contributed by atoms with Gasteiger partial charge in [-0.05, 0) is 49.6 Å². The SMILES string of the molecule is Cc1sc(C(=O)N2CCC(C(C)O)C2)cc1-c1ccc(F)cc1. The van der Waals surface area contributed by atoms with Gasteiger partial charge in [-0.15, -0.1) is 11.3 Å². The lowest BCUT2D eigenvalue weighted by Crippen LogP contribution is -2.29. The van der Waals surface area contributed by atoms with Gasteiger partial charge in [0.05, 0.1) is 11.0 Å². The third kappa shape index (κ3) is 3.31. The fraction of sp³-hybridized carbons (Fsp3) is 0.389. The average Bonchev–Trinajstić information content (AvgIpc) is 3.14. The lowest BCUT2D eigenvalue weighted by atomic mass is 10.0. The number of thiophene rings is 1. The zero-order valence-electron chi connectivity index (χ0n) is 13.3. The first-order valence-electron chi connectivity index (χ1n) is 7.79. The molecule has 2 unspecified atom stereocenters. The number of nitrogens with zero attached hydrogens (tertiary/aromatic N) is 1. The van der Waals surface area contributed by atoms with Gasteiger partial charge >= 0.3 is 0 Å². The van der Waals surface area contributed by atoms with Gasteiger partial charge in [-0.2, -0.15) is 0 Å². The number of aliphatic hydroxyl groups excluding tert-OH is 1. The summed E-state index contributed by atoms with van der Waals surface area (Å²) in [6, 6.07) is 8.23. The van der Waals surface area contributed by atoms with Crippen LogP contribution in [0, 0.1) is 18.7 Å². The van der Waals surface area contributed by atoms with Crippen LogP contribution in [-0.2, 0) is 0 Å². The van der Waals surface area contributed by atoms with E-state index in [0.29, 0.717) is 18.0 Å². The van der Waals surface area contributed by atoms with Gasteiger partial charge < -0.3 is 10.0 Å². The van der Waals surface area contributed by atoms with E-state index in [9.17, 15) is 14.3 Å². The van der Waals surface area contributed by atoms with Crippen molar-refractivity contribution in [2.75, 3.05) is 13.1 Å². The van der Waals surface area contributed by atoms with Crippen molar-refractivity contribution in [3.05, 3.63) is 45.9 Å². The Kier molecular flexibility index (Phi) is 4.50. The van der Waals surface area contributed by atoms with Gasteiger partial charge in [0.25, 0.3) is 5.91 Å². The van der Waals surface area contributed by atoms with E-state index in [4.69, 9.17) is 0 Å². The number of carbonyl (C=O) groups excluding carboxylic acids is 1. The molecule has 0 bridgehead atoms. The van der Waals surface area contributed by atoms with Gasteiger partial charge in [0.15, 0.2) is 0 Å². The molecule has 0 aliphatic carbocycles. The molecule has 1 fully saturated rings. The molecular formula is C18H20FNO2S. The lowest BCUT2D eigenvalue weighted by molar-refractivity contribution is 0.0767. The van der Waals surface area contributed by atoms with Gasteiger partial charge in [-0.25, -0.2) is 4.39 Å². The zero-order valence-corrected chi connectivity index (χ0v) is 14.1. The number of aryl methyl sites for hydroxylation is 1. The molecule has 0 radical (unpaired) electrons. The predicted molar refractivity (Wildman–Crippen MR) is 90.1 cm³/mol. The first-order valence-corrected chi connectivity index (χ1v) is 8.61. The molecule has 3 nitrogen and oxygen atoms in total. The molecule has 1 aromatic carbocycles. The van der Waals surface area contributed by atoms with Gasteiger partial charge in [-0.3, -0.25) is 4.79 Å². The number of aliphatic hydroxyl groups is 1. The first-order chi connectivity index (χ1) is 11.0. The Balaban J connectivity index is 1.81. The van der Waals surface area contributed by atoms with Crippen LogP contribution in [0.3, 0.4) is 0 Å². The summed E-state index contributed by atoms with van der Waals surface area (Å²) in [5, 5.41) is 9.68. The molecule has 1 N–H and O–H groups in total. The number of benzene rings is 1. The van der Waals surface area contributed by atoms with Crippen LogP contribution >= 0.6 is 11.3 Å². The number of carbonyl (C=O) groups is 1. The molecule has 1 aliphatic rings. The van der Waals surface area contributed by atoms with Crippen molar-refractivity contribution in [2.45, 2.75) is 26.4 Å².